The second-order valence-electron chi connectivity index (χ2n) is 7.20. The molecule has 0 bridgehead atoms. The molecule has 1 aliphatic rings. The molecule has 33 heavy (non-hydrogen) atoms. The van der Waals surface area contributed by atoms with E-state index in [4.69, 9.17) is 19.0 Å². The quantitative estimate of drug-likeness (QED) is 0.505. The number of hydrogen-bond acceptors (Lipinski definition) is 8. The molecule has 1 aromatic heterocycles. The van der Waals surface area contributed by atoms with Gasteiger partial charge in [-0.3, -0.25) is 0 Å². The Labute approximate surface area is 190 Å². The van der Waals surface area contributed by atoms with Crippen LogP contribution in [-0.4, -0.2) is 39.6 Å². The van der Waals surface area contributed by atoms with E-state index >= 15 is 0 Å². The predicted octanol–water partition coefficient (Wildman–Crippen LogP) is 1.57. The number of carbonyl (C=O) groups excluding carboxylic acids is 3. The fourth-order valence-electron chi connectivity index (χ4n) is 3.31. The maximum absolute atomic E-state index is 12.7. The third kappa shape index (κ3) is 5.23. The molecule has 1 aromatic carbocycles. The Morgan fingerprint density at radius 1 is 1.18 bits per heavy atom. The molecule has 2 amide bonds. The zero-order valence-corrected chi connectivity index (χ0v) is 18.9. The predicted molar refractivity (Wildman–Crippen MR) is 114 cm³/mol. The van der Waals surface area contributed by atoms with E-state index in [0.29, 0.717) is 11.1 Å². The van der Waals surface area contributed by atoms with Gasteiger partial charge in [0.1, 0.15) is 18.4 Å². The SMILES string of the molecule is CCOC(=O)C1=C(COC(=O)c2cc(C)c(C)c(S(N)(=O)=O)c2)NC(=O)NC1c1ccco1. The molecule has 11 nitrogen and oxygen atoms in total. The van der Waals surface area contributed by atoms with Gasteiger partial charge in [-0.05, 0) is 56.2 Å². The van der Waals surface area contributed by atoms with Crippen LogP contribution in [0.4, 0.5) is 4.79 Å². The topological polar surface area (TPSA) is 167 Å². The zero-order chi connectivity index (χ0) is 24.3. The van der Waals surface area contributed by atoms with Crippen molar-refractivity contribution in [2.45, 2.75) is 31.7 Å². The number of aryl methyl sites for hydroxylation is 1. The summed E-state index contributed by atoms with van der Waals surface area (Å²) in [6.45, 7) is 4.41. The van der Waals surface area contributed by atoms with Crippen LogP contribution in [-0.2, 0) is 24.3 Å². The highest BCUT2D eigenvalue weighted by Gasteiger charge is 2.35. The molecule has 12 heteroatoms. The lowest BCUT2D eigenvalue weighted by Crippen LogP contribution is -2.47. The first-order valence-electron chi connectivity index (χ1n) is 9.85. The average Bonchev–Trinajstić information content (AvgIpc) is 3.27. The first-order chi connectivity index (χ1) is 15.5. The second kappa shape index (κ2) is 9.46. The van der Waals surface area contributed by atoms with Gasteiger partial charge in [0.15, 0.2) is 0 Å². The number of amides is 2. The summed E-state index contributed by atoms with van der Waals surface area (Å²) in [5.41, 5.74) is 0.886. The molecule has 2 heterocycles. The van der Waals surface area contributed by atoms with Crippen molar-refractivity contribution >= 4 is 28.0 Å². The molecule has 1 atom stereocenters. The van der Waals surface area contributed by atoms with Gasteiger partial charge in [0.05, 0.1) is 34.6 Å². The smallest absolute Gasteiger partial charge is 0.338 e. The van der Waals surface area contributed by atoms with Crippen molar-refractivity contribution in [1.29, 1.82) is 0 Å². The molecular weight excluding hydrogens is 454 g/mol. The Morgan fingerprint density at radius 3 is 2.52 bits per heavy atom. The highest BCUT2D eigenvalue weighted by Crippen LogP contribution is 2.28. The number of rotatable bonds is 7. The molecule has 0 saturated carbocycles. The summed E-state index contributed by atoms with van der Waals surface area (Å²) in [6.07, 6.45) is 1.38. The first kappa shape index (κ1) is 24.0. The van der Waals surface area contributed by atoms with Crippen LogP contribution in [0.25, 0.3) is 0 Å². The van der Waals surface area contributed by atoms with Crippen molar-refractivity contribution in [2.75, 3.05) is 13.2 Å². The van der Waals surface area contributed by atoms with Gasteiger partial charge >= 0.3 is 18.0 Å². The van der Waals surface area contributed by atoms with Crippen LogP contribution in [0.5, 0.6) is 0 Å². The normalized spacial score (nSPS) is 16.1. The number of carbonyl (C=O) groups is 3. The Hall–Kier alpha value is -3.64. The number of urea groups is 1. The highest BCUT2D eigenvalue weighted by molar-refractivity contribution is 7.89. The summed E-state index contributed by atoms with van der Waals surface area (Å²) in [7, 11) is -4.07. The van der Waals surface area contributed by atoms with E-state index < -0.39 is 40.6 Å². The van der Waals surface area contributed by atoms with Gasteiger partial charge in [-0.1, -0.05) is 0 Å². The number of primary sulfonamides is 1. The first-order valence-corrected chi connectivity index (χ1v) is 11.4. The van der Waals surface area contributed by atoms with Crippen LogP contribution in [0, 0.1) is 13.8 Å². The zero-order valence-electron chi connectivity index (χ0n) is 18.1. The molecule has 4 N–H and O–H groups in total. The molecular formula is C21H23N3O8S. The molecule has 0 saturated heterocycles. The van der Waals surface area contributed by atoms with Gasteiger partial charge in [-0.15, -0.1) is 0 Å². The Kier molecular flexibility index (Phi) is 6.89. The lowest BCUT2D eigenvalue weighted by molar-refractivity contribution is -0.139. The third-order valence-corrected chi connectivity index (χ3v) is 6.02. The maximum atomic E-state index is 12.7. The van der Waals surface area contributed by atoms with E-state index in [0.717, 1.165) is 6.07 Å². The monoisotopic (exact) mass is 477 g/mol. The van der Waals surface area contributed by atoms with E-state index in [1.807, 2.05) is 0 Å². The number of ether oxygens (including phenoxy) is 2. The molecule has 0 fully saturated rings. The van der Waals surface area contributed by atoms with Crippen molar-refractivity contribution in [1.82, 2.24) is 10.6 Å². The average molecular weight is 477 g/mol. The number of benzene rings is 1. The van der Waals surface area contributed by atoms with Crippen LogP contribution >= 0.6 is 0 Å². The van der Waals surface area contributed by atoms with Crippen molar-refractivity contribution in [3.8, 4) is 0 Å². The molecule has 3 rings (SSSR count). The van der Waals surface area contributed by atoms with Crippen molar-refractivity contribution in [3.63, 3.8) is 0 Å². The summed E-state index contributed by atoms with van der Waals surface area (Å²) in [5.74, 6) is -1.33. The second-order valence-corrected chi connectivity index (χ2v) is 8.73. The van der Waals surface area contributed by atoms with Gasteiger partial charge < -0.3 is 24.5 Å². The largest absolute Gasteiger partial charge is 0.467 e. The minimum atomic E-state index is -4.07. The van der Waals surface area contributed by atoms with E-state index in [-0.39, 0.29) is 34.1 Å². The van der Waals surface area contributed by atoms with Gasteiger partial charge in [0.25, 0.3) is 0 Å². The van der Waals surface area contributed by atoms with E-state index in [9.17, 15) is 22.8 Å². The van der Waals surface area contributed by atoms with Crippen molar-refractivity contribution in [3.05, 3.63) is 64.2 Å². The van der Waals surface area contributed by atoms with Crippen LogP contribution in [0.1, 0.15) is 40.2 Å². The van der Waals surface area contributed by atoms with Crippen molar-refractivity contribution in [2.24, 2.45) is 5.14 Å². The summed E-state index contributed by atoms with van der Waals surface area (Å²) >= 11 is 0. The summed E-state index contributed by atoms with van der Waals surface area (Å²) in [5, 5.41) is 10.3. The number of furan rings is 1. The molecule has 1 aliphatic heterocycles. The Balaban J connectivity index is 1.94. The van der Waals surface area contributed by atoms with Gasteiger partial charge in [-0.25, -0.2) is 27.9 Å². The van der Waals surface area contributed by atoms with Crippen molar-refractivity contribution < 1.29 is 36.7 Å². The van der Waals surface area contributed by atoms with E-state index in [2.05, 4.69) is 10.6 Å². The number of nitrogens with two attached hydrogens (primary N) is 1. The maximum Gasteiger partial charge on any atom is 0.338 e. The van der Waals surface area contributed by atoms with E-state index in [1.165, 1.54) is 12.3 Å². The van der Waals surface area contributed by atoms with E-state index in [1.54, 1.807) is 32.9 Å². The number of hydrogen-bond donors (Lipinski definition) is 3. The lowest BCUT2D eigenvalue weighted by atomic mass is 10.0. The number of esters is 2. The molecule has 0 radical (unpaired) electrons. The lowest BCUT2D eigenvalue weighted by Gasteiger charge is -2.27. The van der Waals surface area contributed by atoms with Gasteiger partial charge in [-0.2, -0.15) is 0 Å². The number of sulfonamides is 1. The summed E-state index contributed by atoms with van der Waals surface area (Å²) in [6, 6.07) is 4.14. The molecule has 176 valence electrons. The fourth-order valence-corrected chi connectivity index (χ4v) is 4.19. The fraction of sp³-hybridized carbons (Fsp3) is 0.286. The van der Waals surface area contributed by atoms with Crippen LogP contribution in [0.15, 0.2) is 51.1 Å². The van der Waals surface area contributed by atoms with Gasteiger partial charge in [0.2, 0.25) is 10.0 Å². The molecule has 0 aliphatic carbocycles. The Bertz CT molecular complexity index is 1230. The summed E-state index contributed by atoms with van der Waals surface area (Å²) in [4.78, 5) is 37.3. The van der Waals surface area contributed by atoms with Gasteiger partial charge in [0, 0.05) is 0 Å². The Morgan fingerprint density at radius 2 is 1.91 bits per heavy atom. The molecule has 2 aromatic rings. The molecule has 0 spiro atoms. The highest BCUT2D eigenvalue weighted by atomic mass is 32.2. The minimum absolute atomic E-state index is 0.00227. The minimum Gasteiger partial charge on any atom is -0.467 e. The van der Waals surface area contributed by atoms with Crippen LogP contribution in [0.2, 0.25) is 0 Å². The number of nitrogens with one attached hydrogen (secondary N) is 2. The third-order valence-electron chi connectivity index (χ3n) is 4.99. The van der Waals surface area contributed by atoms with Crippen LogP contribution < -0.4 is 15.8 Å². The molecule has 1 unspecified atom stereocenters. The standard InChI is InChI=1S/C21H23N3O8S/c1-4-30-20(26)17-14(23-21(27)24-18(17)15-6-5-7-31-15)10-32-19(25)13-8-11(2)12(3)16(9-13)33(22,28)29/h5-9,18H,4,10H2,1-3H3,(H2,22,28,29)(H2,23,24,27). The summed E-state index contributed by atoms with van der Waals surface area (Å²) < 4.78 is 39.4. The van der Waals surface area contributed by atoms with Crippen LogP contribution in [0.3, 0.4) is 0 Å².